The highest BCUT2D eigenvalue weighted by atomic mass is 79.9. The molecule has 0 saturated carbocycles. The Bertz CT molecular complexity index is 1250. The number of likely N-dealkylation sites (tertiary alicyclic amines) is 1. The van der Waals surface area contributed by atoms with Crippen molar-refractivity contribution in [1.82, 2.24) is 4.90 Å². The number of halogens is 1. The number of nitrogens with one attached hydrogen (secondary N) is 2. The summed E-state index contributed by atoms with van der Waals surface area (Å²) < 4.78 is 11.9. The molecular formula is C28H32BrN3O6. The van der Waals surface area contributed by atoms with Crippen LogP contribution in [0.1, 0.15) is 24.5 Å². The van der Waals surface area contributed by atoms with Crippen molar-refractivity contribution in [1.29, 1.82) is 0 Å². The Morgan fingerprint density at radius 1 is 1.16 bits per heavy atom. The number of carbonyl (C=O) groups excluding carboxylic acids is 3. The van der Waals surface area contributed by atoms with Gasteiger partial charge in [-0.25, -0.2) is 0 Å². The number of benzene rings is 2. The number of β-amino-alcohol motifs (C(OH)–C–C–N with tert-alkyl or cyclic N) is 1. The minimum absolute atomic E-state index is 0.0316. The highest BCUT2D eigenvalue weighted by molar-refractivity contribution is 9.09. The molecule has 38 heavy (non-hydrogen) atoms. The number of fused-ring (bicyclic) bond motifs is 1. The van der Waals surface area contributed by atoms with Crippen molar-refractivity contribution in [2.24, 2.45) is 11.8 Å². The first kappa shape index (κ1) is 26.6. The lowest BCUT2D eigenvalue weighted by Gasteiger charge is -2.34. The van der Waals surface area contributed by atoms with Crippen LogP contribution in [0.5, 0.6) is 5.75 Å². The standard InChI is InChI=1S/C28H32BrN3O6/c1-4-37-18-9-7-17(8-10-18)30-25(34)21-22-27(36)32(11-12-33)24(28(22)14-19(29)23(21)38-28)26(35)31-20-13-15(2)5-6-16(20)3/h5-10,13,19,21-24,33H,4,11-12,14H2,1-3H3,(H,30,34)(H,31,35)/t19?,21-,22+,23-,24?,28?/m1/s1. The molecule has 9 nitrogen and oxygen atoms in total. The van der Waals surface area contributed by atoms with Gasteiger partial charge in [-0.15, -0.1) is 0 Å². The van der Waals surface area contributed by atoms with E-state index in [1.165, 1.54) is 4.90 Å². The van der Waals surface area contributed by atoms with Crippen LogP contribution in [0.15, 0.2) is 42.5 Å². The van der Waals surface area contributed by atoms with Crippen molar-refractivity contribution in [3.05, 3.63) is 53.6 Å². The molecule has 2 aromatic carbocycles. The first-order valence-electron chi connectivity index (χ1n) is 12.8. The Balaban J connectivity index is 1.45. The summed E-state index contributed by atoms with van der Waals surface area (Å²) >= 11 is 3.66. The second kappa shape index (κ2) is 10.3. The van der Waals surface area contributed by atoms with Crippen LogP contribution in [0, 0.1) is 25.7 Å². The lowest BCUT2D eigenvalue weighted by molar-refractivity contribution is -0.140. The van der Waals surface area contributed by atoms with E-state index in [4.69, 9.17) is 9.47 Å². The van der Waals surface area contributed by atoms with Gasteiger partial charge in [-0.1, -0.05) is 28.1 Å². The molecule has 2 bridgehead atoms. The van der Waals surface area contributed by atoms with Gasteiger partial charge in [-0.2, -0.15) is 0 Å². The maximum absolute atomic E-state index is 13.8. The van der Waals surface area contributed by atoms with Gasteiger partial charge in [0.2, 0.25) is 17.7 Å². The number of amides is 3. The van der Waals surface area contributed by atoms with Crippen molar-refractivity contribution < 1.29 is 29.0 Å². The van der Waals surface area contributed by atoms with Crippen LogP contribution in [0.2, 0.25) is 0 Å². The predicted molar refractivity (Wildman–Crippen MR) is 145 cm³/mol. The molecule has 3 aliphatic rings. The third-order valence-electron chi connectivity index (χ3n) is 7.76. The molecule has 10 heteroatoms. The van der Waals surface area contributed by atoms with Crippen LogP contribution in [-0.4, -0.2) is 70.1 Å². The van der Waals surface area contributed by atoms with Gasteiger partial charge in [-0.05, 0) is 68.7 Å². The van der Waals surface area contributed by atoms with Gasteiger partial charge < -0.3 is 30.1 Å². The molecule has 3 heterocycles. The van der Waals surface area contributed by atoms with E-state index in [-0.39, 0.29) is 29.8 Å². The number of hydrogen-bond donors (Lipinski definition) is 3. The lowest BCUT2D eigenvalue weighted by atomic mass is 9.70. The smallest absolute Gasteiger partial charge is 0.250 e. The van der Waals surface area contributed by atoms with Crippen LogP contribution in [0.3, 0.4) is 0 Å². The zero-order valence-electron chi connectivity index (χ0n) is 21.6. The van der Waals surface area contributed by atoms with Crippen LogP contribution in [-0.2, 0) is 19.1 Å². The van der Waals surface area contributed by atoms with Crippen molar-refractivity contribution in [3.63, 3.8) is 0 Å². The molecule has 2 aromatic rings. The second-order valence-corrected chi connectivity index (χ2v) is 11.3. The van der Waals surface area contributed by atoms with E-state index in [0.717, 1.165) is 11.1 Å². The molecule has 3 unspecified atom stereocenters. The molecule has 5 rings (SSSR count). The summed E-state index contributed by atoms with van der Waals surface area (Å²) in [5.74, 6) is -2.04. The molecule has 3 N–H and O–H groups in total. The average molecular weight is 586 g/mol. The highest BCUT2D eigenvalue weighted by Gasteiger charge is 2.76. The van der Waals surface area contributed by atoms with Gasteiger partial charge in [0.15, 0.2) is 0 Å². The number of anilines is 2. The van der Waals surface area contributed by atoms with Crippen molar-refractivity contribution in [3.8, 4) is 5.75 Å². The molecule has 3 fully saturated rings. The molecule has 0 aliphatic carbocycles. The van der Waals surface area contributed by atoms with E-state index in [1.807, 2.05) is 39.0 Å². The number of nitrogens with zero attached hydrogens (tertiary/aromatic N) is 1. The fourth-order valence-corrected chi connectivity index (χ4v) is 7.12. The SMILES string of the molecule is CCOc1ccc(NC(=O)[C@H]2[C@@H]3OC4(CC3Br)C(C(=O)Nc3cc(C)ccc3C)N(CCO)C(=O)[C@H]24)cc1. The van der Waals surface area contributed by atoms with Gasteiger partial charge in [0.05, 0.1) is 31.2 Å². The first-order chi connectivity index (χ1) is 18.2. The number of aliphatic hydroxyl groups excluding tert-OH is 1. The molecule has 0 radical (unpaired) electrons. The molecular weight excluding hydrogens is 554 g/mol. The minimum atomic E-state index is -1.19. The van der Waals surface area contributed by atoms with Crippen molar-refractivity contribution in [2.75, 3.05) is 30.4 Å². The molecule has 202 valence electrons. The van der Waals surface area contributed by atoms with E-state index in [9.17, 15) is 19.5 Å². The fourth-order valence-electron chi connectivity index (χ4n) is 6.18. The number of alkyl halides is 1. The van der Waals surface area contributed by atoms with E-state index in [2.05, 4.69) is 26.6 Å². The lowest BCUT2D eigenvalue weighted by Crippen LogP contribution is -2.54. The van der Waals surface area contributed by atoms with E-state index < -0.39 is 35.5 Å². The fraction of sp³-hybridized carbons (Fsp3) is 0.464. The number of carbonyl (C=O) groups is 3. The van der Waals surface area contributed by atoms with Crippen LogP contribution in [0.25, 0.3) is 0 Å². The molecule has 6 atom stereocenters. The van der Waals surface area contributed by atoms with Crippen LogP contribution < -0.4 is 15.4 Å². The maximum atomic E-state index is 13.8. The number of aryl methyl sites for hydroxylation is 2. The summed E-state index contributed by atoms with van der Waals surface area (Å²) in [6, 6.07) is 11.8. The normalized spacial score (nSPS) is 29.3. The highest BCUT2D eigenvalue weighted by Crippen LogP contribution is 2.60. The Morgan fingerprint density at radius 2 is 1.89 bits per heavy atom. The zero-order chi connectivity index (χ0) is 27.2. The first-order valence-corrected chi connectivity index (χ1v) is 13.8. The summed E-state index contributed by atoms with van der Waals surface area (Å²) in [6.45, 7) is 5.92. The van der Waals surface area contributed by atoms with Gasteiger partial charge >= 0.3 is 0 Å². The summed E-state index contributed by atoms with van der Waals surface area (Å²) in [5.41, 5.74) is 1.91. The van der Waals surface area contributed by atoms with Crippen molar-refractivity contribution in [2.45, 2.75) is 49.8 Å². The van der Waals surface area contributed by atoms with Crippen LogP contribution in [0.4, 0.5) is 11.4 Å². The largest absolute Gasteiger partial charge is 0.494 e. The van der Waals surface area contributed by atoms with Gasteiger partial charge in [-0.3, -0.25) is 14.4 Å². The minimum Gasteiger partial charge on any atom is -0.494 e. The van der Waals surface area contributed by atoms with Crippen molar-refractivity contribution >= 4 is 45.0 Å². The van der Waals surface area contributed by atoms with E-state index in [1.54, 1.807) is 24.3 Å². The Kier molecular flexibility index (Phi) is 7.23. The Labute approximate surface area is 230 Å². The topological polar surface area (TPSA) is 117 Å². The monoisotopic (exact) mass is 585 g/mol. The maximum Gasteiger partial charge on any atom is 0.250 e. The second-order valence-electron chi connectivity index (χ2n) is 10.2. The number of ether oxygens (including phenoxy) is 2. The predicted octanol–water partition coefficient (Wildman–Crippen LogP) is 3.02. The number of rotatable bonds is 8. The van der Waals surface area contributed by atoms with Gasteiger partial charge in [0.25, 0.3) is 0 Å². The van der Waals surface area contributed by atoms with Gasteiger partial charge in [0, 0.05) is 22.7 Å². The molecule has 1 spiro atoms. The summed E-state index contributed by atoms with van der Waals surface area (Å²) in [7, 11) is 0. The summed E-state index contributed by atoms with van der Waals surface area (Å²) in [6.07, 6.45) is -0.174. The molecule has 0 aromatic heterocycles. The third-order valence-corrected chi connectivity index (χ3v) is 8.61. The number of hydrogen-bond acceptors (Lipinski definition) is 6. The van der Waals surface area contributed by atoms with Gasteiger partial charge in [0.1, 0.15) is 17.4 Å². The van der Waals surface area contributed by atoms with E-state index in [0.29, 0.717) is 30.2 Å². The summed E-state index contributed by atoms with van der Waals surface area (Å²) in [5, 5.41) is 15.7. The van der Waals surface area contributed by atoms with E-state index >= 15 is 0 Å². The molecule has 3 aliphatic heterocycles. The zero-order valence-corrected chi connectivity index (χ0v) is 23.2. The molecule has 3 amide bonds. The van der Waals surface area contributed by atoms with Crippen LogP contribution >= 0.6 is 15.9 Å². The third kappa shape index (κ3) is 4.38. The molecule has 3 saturated heterocycles. The average Bonchev–Trinajstić information content (AvgIpc) is 3.46. The quantitative estimate of drug-likeness (QED) is 0.410. The Morgan fingerprint density at radius 3 is 2.58 bits per heavy atom. The number of aliphatic hydroxyl groups is 1. The Hall–Kier alpha value is -2.95. The summed E-state index contributed by atoms with van der Waals surface area (Å²) in [4.78, 5) is 42.3.